The first-order chi connectivity index (χ1) is 17.6. The van der Waals surface area contributed by atoms with Gasteiger partial charge in [-0.3, -0.25) is 9.69 Å². The van der Waals surface area contributed by atoms with Gasteiger partial charge in [0, 0.05) is 29.1 Å². The van der Waals surface area contributed by atoms with Gasteiger partial charge in [0.1, 0.15) is 31.0 Å². The van der Waals surface area contributed by atoms with E-state index in [2.05, 4.69) is 11.1 Å². The average molecular weight is 482 g/mol. The van der Waals surface area contributed by atoms with Crippen molar-refractivity contribution < 1.29 is 23.8 Å². The van der Waals surface area contributed by atoms with Crippen LogP contribution >= 0.6 is 0 Å². The standard InChI is InChI=1S/C28H23N3O5/c1-34-18-9-6-16(7-10-18)26-25-20(19-4-2-3-5-21(19)29-25)15-22-27(32)30(28(33)31(22)26)17-8-11-23-24(14-17)36-13-12-35-23/h2-11,14,22,26,29H,12-13,15H2,1H3. The van der Waals surface area contributed by atoms with E-state index in [0.717, 1.165) is 33.5 Å². The number of aromatic nitrogens is 1. The molecule has 0 radical (unpaired) electrons. The molecule has 0 spiro atoms. The third-order valence-corrected chi connectivity index (χ3v) is 7.26. The van der Waals surface area contributed by atoms with Gasteiger partial charge in [-0.15, -0.1) is 0 Å². The van der Waals surface area contributed by atoms with Crippen LogP contribution in [-0.4, -0.2) is 48.2 Å². The smallest absolute Gasteiger partial charge is 0.332 e. The van der Waals surface area contributed by atoms with Gasteiger partial charge in [0.05, 0.1) is 12.8 Å². The number of urea groups is 1. The lowest BCUT2D eigenvalue weighted by Crippen LogP contribution is -2.44. The molecule has 1 fully saturated rings. The number of para-hydroxylation sites is 1. The Labute approximate surface area is 207 Å². The molecule has 1 saturated heterocycles. The highest BCUT2D eigenvalue weighted by atomic mass is 16.6. The Balaban J connectivity index is 1.37. The van der Waals surface area contributed by atoms with Crippen LogP contribution in [0.25, 0.3) is 10.9 Å². The van der Waals surface area contributed by atoms with E-state index in [1.807, 2.05) is 42.5 Å². The number of methoxy groups -OCH3 is 1. The van der Waals surface area contributed by atoms with E-state index < -0.39 is 12.1 Å². The molecule has 0 saturated carbocycles. The summed E-state index contributed by atoms with van der Waals surface area (Å²) in [6, 6.07) is 19.5. The minimum atomic E-state index is -0.621. The summed E-state index contributed by atoms with van der Waals surface area (Å²) in [5, 5.41) is 1.07. The maximum absolute atomic E-state index is 14.0. The second kappa shape index (κ2) is 7.78. The number of benzene rings is 3. The van der Waals surface area contributed by atoms with Gasteiger partial charge < -0.3 is 19.2 Å². The molecule has 3 amide bonds. The van der Waals surface area contributed by atoms with Crippen LogP contribution in [0.2, 0.25) is 0 Å². The summed E-state index contributed by atoms with van der Waals surface area (Å²) in [6.45, 7) is 0.896. The number of aromatic amines is 1. The molecule has 4 heterocycles. The molecule has 8 heteroatoms. The first kappa shape index (κ1) is 20.9. The number of carbonyl (C=O) groups is 2. The molecular weight excluding hydrogens is 458 g/mol. The van der Waals surface area contributed by atoms with Crippen LogP contribution < -0.4 is 19.1 Å². The molecule has 8 nitrogen and oxygen atoms in total. The molecule has 2 unspecified atom stereocenters. The fourth-order valence-electron chi connectivity index (χ4n) is 5.62. The van der Waals surface area contributed by atoms with Crippen molar-refractivity contribution >= 4 is 28.5 Å². The van der Waals surface area contributed by atoms with Crippen molar-refractivity contribution in [2.45, 2.75) is 18.5 Å². The van der Waals surface area contributed by atoms with E-state index in [1.54, 1.807) is 30.2 Å². The van der Waals surface area contributed by atoms with Crippen LogP contribution in [0.4, 0.5) is 10.5 Å². The quantitative estimate of drug-likeness (QED) is 0.438. The summed E-state index contributed by atoms with van der Waals surface area (Å²) in [5.41, 5.74) is 4.37. The Morgan fingerprint density at radius 1 is 0.944 bits per heavy atom. The monoisotopic (exact) mass is 481 g/mol. The number of anilines is 1. The fraction of sp³-hybridized carbons (Fsp3) is 0.214. The van der Waals surface area contributed by atoms with Crippen LogP contribution in [-0.2, 0) is 11.2 Å². The van der Waals surface area contributed by atoms with E-state index in [-0.39, 0.29) is 11.9 Å². The third kappa shape index (κ3) is 2.94. The van der Waals surface area contributed by atoms with E-state index in [4.69, 9.17) is 14.2 Å². The number of ether oxygens (including phenoxy) is 3. The number of amides is 3. The minimum absolute atomic E-state index is 0.244. The van der Waals surface area contributed by atoms with Crippen molar-refractivity contribution in [1.29, 1.82) is 0 Å². The van der Waals surface area contributed by atoms with Crippen molar-refractivity contribution in [3.63, 3.8) is 0 Å². The topological polar surface area (TPSA) is 84.1 Å². The molecule has 36 heavy (non-hydrogen) atoms. The first-order valence-corrected chi connectivity index (χ1v) is 11.9. The molecule has 3 aliphatic rings. The Morgan fingerprint density at radius 2 is 1.72 bits per heavy atom. The van der Waals surface area contributed by atoms with E-state index >= 15 is 0 Å². The number of rotatable bonds is 3. The Morgan fingerprint density at radius 3 is 2.53 bits per heavy atom. The predicted molar refractivity (Wildman–Crippen MR) is 133 cm³/mol. The number of H-pyrrole nitrogens is 1. The van der Waals surface area contributed by atoms with Gasteiger partial charge in [-0.25, -0.2) is 9.69 Å². The van der Waals surface area contributed by atoms with Gasteiger partial charge in [-0.2, -0.15) is 0 Å². The first-order valence-electron chi connectivity index (χ1n) is 11.9. The molecule has 1 aromatic heterocycles. The number of hydrogen-bond acceptors (Lipinski definition) is 5. The van der Waals surface area contributed by atoms with Gasteiger partial charge in [0.2, 0.25) is 0 Å². The van der Waals surface area contributed by atoms with Crippen LogP contribution in [0.3, 0.4) is 0 Å². The summed E-state index contributed by atoms with van der Waals surface area (Å²) in [6.07, 6.45) is 0.442. The second-order valence-electron chi connectivity index (χ2n) is 9.15. The summed E-state index contributed by atoms with van der Waals surface area (Å²) >= 11 is 0. The van der Waals surface area contributed by atoms with Crippen molar-refractivity contribution in [2.24, 2.45) is 0 Å². The lowest BCUT2D eigenvalue weighted by Gasteiger charge is -2.36. The Hall–Kier alpha value is -4.46. The highest BCUT2D eigenvalue weighted by Gasteiger charge is 2.53. The maximum Gasteiger partial charge on any atom is 0.332 e. The van der Waals surface area contributed by atoms with Crippen LogP contribution in [0, 0.1) is 0 Å². The number of nitrogens with one attached hydrogen (secondary N) is 1. The highest BCUT2D eigenvalue weighted by molar-refractivity contribution is 6.22. The molecule has 180 valence electrons. The summed E-state index contributed by atoms with van der Waals surface area (Å²) in [4.78, 5) is 34.3. The molecule has 3 aliphatic heterocycles. The van der Waals surface area contributed by atoms with Crippen LogP contribution in [0.5, 0.6) is 17.2 Å². The van der Waals surface area contributed by atoms with E-state index in [9.17, 15) is 9.59 Å². The number of fused-ring (bicyclic) bond motifs is 5. The Bertz CT molecular complexity index is 1530. The largest absolute Gasteiger partial charge is 0.497 e. The Kier molecular flexibility index (Phi) is 4.51. The average Bonchev–Trinajstić information content (AvgIpc) is 3.41. The molecule has 0 aliphatic carbocycles. The van der Waals surface area contributed by atoms with Gasteiger partial charge in [0.15, 0.2) is 11.5 Å². The fourth-order valence-corrected chi connectivity index (χ4v) is 5.62. The molecule has 2 atom stereocenters. The van der Waals surface area contributed by atoms with E-state index in [0.29, 0.717) is 36.8 Å². The summed E-state index contributed by atoms with van der Waals surface area (Å²) < 4.78 is 16.7. The SMILES string of the molecule is COc1ccc(C2c3[nH]c4ccccc4c3CC3C(=O)N(c4ccc5c(c4)OCCO5)C(=O)N32)cc1. The zero-order valence-corrected chi connectivity index (χ0v) is 19.6. The summed E-state index contributed by atoms with van der Waals surface area (Å²) in [7, 11) is 1.62. The lowest BCUT2D eigenvalue weighted by molar-refractivity contribution is -0.120. The highest BCUT2D eigenvalue weighted by Crippen LogP contribution is 2.46. The predicted octanol–water partition coefficient (Wildman–Crippen LogP) is 4.43. The van der Waals surface area contributed by atoms with Gasteiger partial charge in [-0.1, -0.05) is 30.3 Å². The van der Waals surface area contributed by atoms with Gasteiger partial charge in [-0.05, 0) is 41.5 Å². The molecule has 4 aromatic rings. The van der Waals surface area contributed by atoms with Crippen LogP contribution in [0.15, 0.2) is 66.7 Å². The zero-order valence-electron chi connectivity index (χ0n) is 19.6. The lowest BCUT2D eigenvalue weighted by atomic mass is 9.89. The number of carbonyl (C=O) groups excluding carboxylic acids is 2. The normalized spacial score (nSPS) is 20.5. The minimum Gasteiger partial charge on any atom is -0.497 e. The van der Waals surface area contributed by atoms with E-state index in [1.165, 1.54) is 4.90 Å². The van der Waals surface area contributed by atoms with Gasteiger partial charge >= 0.3 is 6.03 Å². The van der Waals surface area contributed by atoms with Gasteiger partial charge in [0.25, 0.3) is 5.91 Å². The van der Waals surface area contributed by atoms with Crippen molar-refractivity contribution in [1.82, 2.24) is 9.88 Å². The number of nitrogens with zero attached hydrogens (tertiary/aromatic N) is 2. The third-order valence-electron chi connectivity index (χ3n) is 7.26. The maximum atomic E-state index is 14.0. The molecule has 7 rings (SSSR count). The van der Waals surface area contributed by atoms with Crippen LogP contribution in [0.1, 0.15) is 22.9 Å². The summed E-state index contributed by atoms with van der Waals surface area (Å²) in [5.74, 6) is 1.63. The zero-order chi connectivity index (χ0) is 24.4. The van der Waals surface area contributed by atoms with Crippen molar-refractivity contribution in [3.8, 4) is 17.2 Å². The molecule has 0 bridgehead atoms. The second-order valence-corrected chi connectivity index (χ2v) is 9.15. The molecular formula is C28H23N3O5. The van der Waals surface area contributed by atoms with Crippen molar-refractivity contribution in [2.75, 3.05) is 25.2 Å². The number of imide groups is 1. The molecule has 1 N–H and O–H groups in total. The van der Waals surface area contributed by atoms with Crippen molar-refractivity contribution in [3.05, 3.63) is 83.6 Å². The molecule has 3 aromatic carbocycles. The number of hydrogen-bond donors (Lipinski definition) is 1.